The van der Waals surface area contributed by atoms with E-state index >= 15 is 0 Å². The van der Waals surface area contributed by atoms with Gasteiger partial charge in [-0.05, 0) is 61.1 Å². The van der Waals surface area contributed by atoms with Crippen LogP contribution >= 0.6 is 0 Å². The predicted molar refractivity (Wildman–Crippen MR) is 115 cm³/mol. The van der Waals surface area contributed by atoms with Gasteiger partial charge in [0.25, 0.3) is 5.91 Å². The Labute approximate surface area is 173 Å². The molecule has 1 amide bonds. The molecule has 0 aliphatic carbocycles. The molecule has 0 heterocycles. The first-order valence-corrected chi connectivity index (χ1v) is 10.1. The van der Waals surface area contributed by atoms with Crippen LogP contribution in [0.2, 0.25) is 0 Å². The Hall–Kier alpha value is -2.82. The molecule has 2 aromatic rings. The zero-order valence-corrected chi connectivity index (χ0v) is 17.9. The summed E-state index contributed by atoms with van der Waals surface area (Å²) in [6, 6.07) is 15.3. The largest absolute Gasteiger partial charge is 0.481 e. The lowest BCUT2D eigenvalue weighted by molar-refractivity contribution is -0.143. The number of hydrogen-bond donors (Lipinski definition) is 1. The molecule has 2 unspecified atom stereocenters. The van der Waals surface area contributed by atoms with Gasteiger partial charge >= 0.3 is 5.97 Å². The number of benzene rings is 2. The Morgan fingerprint density at radius 1 is 0.966 bits per heavy atom. The third-order valence-corrected chi connectivity index (χ3v) is 4.73. The van der Waals surface area contributed by atoms with Gasteiger partial charge in [0.1, 0.15) is 5.75 Å². The van der Waals surface area contributed by atoms with E-state index in [0.717, 1.165) is 5.56 Å². The molecule has 29 heavy (non-hydrogen) atoms. The molecule has 1 N–H and O–H groups in total. The molecule has 5 nitrogen and oxygen atoms in total. The van der Waals surface area contributed by atoms with Crippen molar-refractivity contribution in [3.05, 3.63) is 59.7 Å². The van der Waals surface area contributed by atoms with Gasteiger partial charge in [0, 0.05) is 5.69 Å². The van der Waals surface area contributed by atoms with Gasteiger partial charge in [-0.3, -0.25) is 9.59 Å². The zero-order chi connectivity index (χ0) is 21.4. The highest BCUT2D eigenvalue weighted by atomic mass is 16.5. The number of amides is 1. The normalized spacial score (nSPS) is 12.9. The highest BCUT2D eigenvalue weighted by Gasteiger charge is 2.16. The van der Waals surface area contributed by atoms with Crippen molar-refractivity contribution in [1.82, 2.24) is 0 Å². The molecular formula is C24H31NO4. The molecule has 0 aromatic heterocycles. The van der Waals surface area contributed by atoms with E-state index in [2.05, 4.69) is 19.2 Å². The van der Waals surface area contributed by atoms with Crippen molar-refractivity contribution in [3.63, 3.8) is 0 Å². The Balaban J connectivity index is 1.92. The van der Waals surface area contributed by atoms with Crippen LogP contribution in [-0.4, -0.2) is 24.6 Å². The molecule has 0 fully saturated rings. The summed E-state index contributed by atoms with van der Waals surface area (Å²) >= 11 is 0. The average Bonchev–Trinajstić information content (AvgIpc) is 2.68. The summed E-state index contributed by atoms with van der Waals surface area (Å²) in [6.45, 7) is 10.1. The Bertz CT molecular complexity index is 814. The molecule has 2 aromatic carbocycles. The van der Waals surface area contributed by atoms with Gasteiger partial charge in [0.05, 0.1) is 13.0 Å². The predicted octanol–water partition coefficient (Wildman–Crippen LogP) is 5.27. The van der Waals surface area contributed by atoms with Crippen molar-refractivity contribution < 1.29 is 19.1 Å². The van der Waals surface area contributed by atoms with Crippen molar-refractivity contribution in [1.29, 1.82) is 0 Å². The molecule has 0 radical (unpaired) electrons. The number of rotatable bonds is 9. The second-order valence-corrected chi connectivity index (χ2v) is 7.51. The van der Waals surface area contributed by atoms with E-state index in [1.54, 1.807) is 13.8 Å². The molecule has 156 valence electrons. The maximum Gasteiger partial charge on any atom is 0.306 e. The van der Waals surface area contributed by atoms with Crippen LogP contribution in [0.4, 0.5) is 5.69 Å². The minimum absolute atomic E-state index is 0.0503. The summed E-state index contributed by atoms with van der Waals surface area (Å²) in [6.07, 6.45) is -0.292. The number of carbonyl (C=O) groups excluding carboxylic acids is 2. The van der Waals surface area contributed by atoms with Gasteiger partial charge in [-0.15, -0.1) is 0 Å². The maximum atomic E-state index is 12.5. The third kappa shape index (κ3) is 6.93. The minimum atomic E-state index is -0.625. The Kier molecular flexibility index (Phi) is 8.25. The molecule has 5 heteroatoms. The summed E-state index contributed by atoms with van der Waals surface area (Å²) in [4.78, 5) is 24.1. The van der Waals surface area contributed by atoms with Crippen LogP contribution in [0.25, 0.3) is 0 Å². The highest BCUT2D eigenvalue weighted by Crippen LogP contribution is 2.23. The van der Waals surface area contributed by atoms with Crippen LogP contribution in [-0.2, 0) is 14.3 Å². The van der Waals surface area contributed by atoms with E-state index in [0.29, 0.717) is 30.4 Å². The smallest absolute Gasteiger partial charge is 0.306 e. The topological polar surface area (TPSA) is 64.6 Å². The molecule has 0 bridgehead atoms. The van der Waals surface area contributed by atoms with Gasteiger partial charge in [-0.25, -0.2) is 0 Å². The minimum Gasteiger partial charge on any atom is -0.481 e. The first-order chi connectivity index (χ1) is 13.8. The second kappa shape index (κ2) is 10.6. The van der Waals surface area contributed by atoms with E-state index in [4.69, 9.17) is 9.47 Å². The van der Waals surface area contributed by atoms with Gasteiger partial charge in [-0.2, -0.15) is 0 Å². The van der Waals surface area contributed by atoms with E-state index in [-0.39, 0.29) is 17.8 Å². The highest BCUT2D eigenvalue weighted by molar-refractivity contribution is 5.94. The molecule has 0 saturated heterocycles. The second-order valence-electron chi connectivity index (χ2n) is 7.51. The molecule has 0 aliphatic rings. The zero-order valence-electron chi connectivity index (χ0n) is 17.9. The van der Waals surface area contributed by atoms with Crippen LogP contribution in [0.5, 0.6) is 5.75 Å². The van der Waals surface area contributed by atoms with E-state index in [9.17, 15) is 9.59 Å². The Morgan fingerprint density at radius 2 is 1.66 bits per heavy atom. The Morgan fingerprint density at radius 3 is 2.28 bits per heavy atom. The summed E-state index contributed by atoms with van der Waals surface area (Å²) in [5.41, 5.74) is 2.88. The fourth-order valence-electron chi connectivity index (χ4n) is 2.93. The van der Waals surface area contributed by atoms with Gasteiger partial charge in [0.2, 0.25) is 0 Å². The van der Waals surface area contributed by atoms with Gasteiger partial charge < -0.3 is 14.8 Å². The van der Waals surface area contributed by atoms with E-state index in [1.807, 2.05) is 55.5 Å². The van der Waals surface area contributed by atoms with Crippen molar-refractivity contribution in [2.45, 2.75) is 59.0 Å². The average molecular weight is 398 g/mol. The SMILES string of the molecule is CCOC(=O)CC(C)c1ccc(NC(=O)C(C)Oc2cccc(C(C)C)c2)cc1. The fourth-order valence-corrected chi connectivity index (χ4v) is 2.93. The number of esters is 1. The van der Waals surface area contributed by atoms with Crippen LogP contribution in [0.3, 0.4) is 0 Å². The lowest BCUT2D eigenvalue weighted by atomic mass is 9.98. The van der Waals surface area contributed by atoms with Gasteiger partial charge in [0.15, 0.2) is 6.10 Å². The molecule has 2 rings (SSSR count). The summed E-state index contributed by atoms with van der Waals surface area (Å²) in [7, 11) is 0. The van der Waals surface area contributed by atoms with E-state index < -0.39 is 6.10 Å². The van der Waals surface area contributed by atoms with E-state index in [1.165, 1.54) is 5.56 Å². The first-order valence-electron chi connectivity index (χ1n) is 10.1. The number of hydrogen-bond acceptors (Lipinski definition) is 4. The van der Waals surface area contributed by atoms with Crippen LogP contribution in [0.15, 0.2) is 48.5 Å². The number of carbonyl (C=O) groups is 2. The molecule has 0 aliphatic heterocycles. The van der Waals surface area contributed by atoms with Gasteiger partial charge in [-0.1, -0.05) is 45.0 Å². The number of ether oxygens (including phenoxy) is 2. The lowest BCUT2D eigenvalue weighted by Gasteiger charge is -2.17. The van der Waals surface area contributed by atoms with Crippen molar-refractivity contribution in [2.24, 2.45) is 0 Å². The van der Waals surface area contributed by atoms with Crippen LogP contribution in [0, 0.1) is 0 Å². The van der Waals surface area contributed by atoms with Crippen molar-refractivity contribution in [2.75, 3.05) is 11.9 Å². The standard InChI is InChI=1S/C24H31NO4/c1-6-28-23(26)14-17(4)19-10-12-21(13-11-19)25-24(27)18(5)29-22-9-7-8-20(15-22)16(2)3/h7-13,15-18H,6,14H2,1-5H3,(H,25,27). The quantitative estimate of drug-likeness (QED) is 0.585. The molecule has 0 spiro atoms. The monoisotopic (exact) mass is 397 g/mol. The summed E-state index contributed by atoms with van der Waals surface area (Å²) < 4.78 is 10.8. The van der Waals surface area contributed by atoms with Crippen LogP contribution in [0.1, 0.15) is 64.0 Å². The summed E-state index contributed by atoms with van der Waals surface area (Å²) in [5.74, 6) is 0.709. The maximum absolute atomic E-state index is 12.5. The van der Waals surface area contributed by atoms with Crippen LogP contribution < -0.4 is 10.1 Å². The fraction of sp³-hybridized carbons (Fsp3) is 0.417. The molecule has 0 saturated carbocycles. The molecule has 2 atom stereocenters. The number of anilines is 1. The summed E-state index contributed by atoms with van der Waals surface area (Å²) in [5, 5.41) is 2.87. The third-order valence-electron chi connectivity index (χ3n) is 4.73. The number of nitrogens with one attached hydrogen (secondary N) is 1. The van der Waals surface area contributed by atoms with Crippen molar-refractivity contribution in [3.8, 4) is 5.75 Å². The first kappa shape index (κ1) is 22.5. The lowest BCUT2D eigenvalue weighted by Crippen LogP contribution is -2.30. The van der Waals surface area contributed by atoms with Crippen molar-refractivity contribution >= 4 is 17.6 Å². The molecular weight excluding hydrogens is 366 g/mol.